The molecule has 5 nitrogen and oxygen atoms in total. The summed E-state index contributed by atoms with van der Waals surface area (Å²) in [5.74, 6) is 0.441. The predicted molar refractivity (Wildman–Crippen MR) is 92.0 cm³/mol. The van der Waals surface area contributed by atoms with Crippen molar-refractivity contribution in [2.75, 3.05) is 6.61 Å². The third-order valence-corrected chi connectivity index (χ3v) is 4.17. The number of benzene rings is 1. The second kappa shape index (κ2) is 7.48. The highest BCUT2D eigenvalue weighted by molar-refractivity contribution is 6.30. The van der Waals surface area contributed by atoms with Gasteiger partial charge < -0.3 is 14.8 Å². The first kappa shape index (κ1) is 19.0. The van der Waals surface area contributed by atoms with Crippen LogP contribution in [0.2, 0.25) is 5.15 Å². The van der Waals surface area contributed by atoms with Crippen LogP contribution in [0.25, 0.3) is 0 Å². The van der Waals surface area contributed by atoms with Gasteiger partial charge in [-0.15, -0.1) is 0 Å². The Balaban J connectivity index is 1.80. The smallest absolute Gasteiger partial charge is 0.419 e. The first-order chi connectivity index (χ1) is 12.8. The predicted octanol–water partition coefficient (Wildman–Crippen LogP) is 4.67. The van der Waals surface area contributed by atoms with E-state index in [1.165, 1.54) is 6.08 Å². The molecular weight excluding hydrogens is 385 g/mol. The van der Waals surface area contributed by atoms with Gasteiger partial charge in [-0.3, -0.25) is 4.79 Å². The summed E-state index contributed by atoms with van der Waals surface area (Å²) in [7, 11) is 0. The Morgan fingerprint density at radius 2 is 2.15 bits per heavy atom. The van der Waals surface area contributed by atoms with Crippen molar-refractivity contribution in [1.82, 2.24) is 10.3 Å². The number of halogens is 4. The van der Waals surface area contributed by atoms with Gasteiger partial charge in [-0.05, 0) is 24.3 Å². The number of alkyl halides is 3. The van der Waals surface area contributed by atoms with Crippen molar-refractivity contribution >= 4 is 17.5 Å². The summed E-state index contributed by atoms with van der Waals surface area (Å²) in [4.78, 5) is 15.2. The van der Waals surface area contributed by atoms with Crippen molar-refractivity contribution < 1.29 is 27.4 Å². The van der Waals surface area contributed by atoms with Gasteiger partial charge >= 0.3 is 6.18 Å². The molecule has 9 heteroatoms. The molecule has 3 rings (SSSR count). The number of ether oxygens (including phenoxy) is 2. The van der Waals surface area contributed by atoms with Crippen LogP contribution in [-0.4, -0.2) is 17.5 Å². The largest absolute Gasteiger partial charge is 0.493 e. The van der Waals surface area contributed by atoms with Crippen molar-refractivity contribution in [2.24, 2.45) is 0 Å². The van der Waals surface area contributed by atoms with Crippen LogP contribution in [0.15, 0.2) is 43.0 Å². The third kappa shape index (κ3) is 4.33. The van der Waals surface area contributed by atoms with E-state index in [-0.39, 0.29) is 17.8 Å². The summed E-state index contributed by atoms with van der Waals surface area (Å²) in [6, 6.07) is 6.56. The van der Waals surface area contributed by atoms with E-state index in [1.807, 2.05) is 0 Å². The summed E-state index contributed by atoms with van der Waals surface area (Å²) in [6.07, 6.45) is -2.80. The second-order valence-corrected chi connectivity index (χ2v) is 6.05. The Bertz CT molecular complexity index is 887. The maximum atomic E-state index is 12.7. The van der Waals surface area contributed by atoms with E-state index in [9.17, 15) is 18.0 Å². The highest BCUT2D eigenvalue weighted by Crippen LogP contribution is 2.38. The Hall–Kier alpha value is -2.74. The van der Waals surface area contributed by atoms with Gasteiger partial charge in [0.1, 0.15) is 16.7 Å². The number of pyridine rings is 1. The molecule has 142 valence electrons. The van der Waals surface area contributed by atoms with Crippen molar-refractivity contribution in [1.29, 1.82) is 0 Å². The fraction of sp³-hybridized carbons (Fsp3) is 0.222. The van der Waals surface area contributed by atoms with Crippen molar-refractivity contribution in [3.8, 4) is 17.4 Å². The molecule has 0 bridgehead atoms. The van der Waals surface area contributed by atoms with Gasteiger partial charge in [-0.1, -0.05) is 18.2 Å². The molecule has 1 atom stereocenters. The quantitative estimate of drug-likeness (QED) is 0.600. The topological polar surface area (TPSA) is 60.5 Å². The van der Waals surface area contributed by atoms with Gasteiger partial charge in [-0.25, -0.2) is 4.98 Å². The minimum atomic E-state index is -4.59. The molecule has 0 fully saturated rings. The molecule has 0 aliphatic carbocycles. The highest BCUT2D eigenvalue weighted by atomic mass is 35.5. The minimum Gasteiger partial charge on any atom is -0.493 e. The molecule has 0 saturated heterocycles. The Kier molecular flexibility index (Phi) is 5.27. The number of nitrogens with zero attached hydrogens (tertiary/aromatic N) is 1. The highest BCUT2D eigenvalue weighted by Gasteiger charge is 2.34. The van der Waals surface area contributed by atoms with Crippen LogP contribution in [0, 0.1) is 0 Å². The molecular formula is C18H14ClF3N2O3. The van der Waals surface area contributed by atoms with E-state index >= 15 is 0 Å². The number of rotatable bonds is 4. The zero-order chi connectivity index (χ0) is 19.6. The maximum absolute atomic E-state index is 12.7. The van der Waals surface area contributed by atoms with Crippen molar-refractivity contribution in [3.63, 3.8) is 0 Å². The van der Waals surface area contributed by atoms with Crippen molar-refractivity contribution in [3.05, 3.63) is 59.3 Å². The zero-order valence-electron chi connectivity index (χ0n) is 13.8. The van der Waals surface area contributed by atoms with E-state index in [0.717, 1.165) is 17.7 Å². The van der Waals surface area contributed by atoms with Crippen LogP contribution in [0.5, 0.6) is 17.4 Å². The third-order valence-electron chi connectivity index (χ3n) is 3.88. The molecule has 1 amide bonds. The lowest BCUT2D eigenvalue weighted by molar-refractivity contribution is -0.137. The number of carbonyl (C=O) groups is 1. The minimum absolute atomic E-state index is 0.0831. The molecule has 1 aliphatic rings. The number of amides is 1. The number of aromatic nitrogens is 1. The lowest BCUT2D eigenvalue weighted by Crippen LogP contribution is -2.30. The molecule has 1 unspecified atom stereocenters. The molecule has 0 spiro atoms. The first-order valence-electron chi connectivity index (χ1n) is 7.89. The molecule has 2 heterocycles. The SMILES string of the molecule is C=CC(=O)NC1CCOc2cc(Oc3ccc(C(F)(F)F)c(Cl)n3)ccc21. The van der Waals surface area contributed by atoms with Gasteiger partial charge in [-0.2, -0.15) is 13.2 Å². The van der Waals surface area contributed by atoms with Gasteiger partial charge in [0.25, 0.3) is 0 Å². The molecule has 2 aromatic rings. The Labute approximate surface area is 157 Å². The lowest BCUT2D eigenvalue weighted by Gasteiger charge is -2.26. The second-order valence-electron chi connectivity index (χ2n) is 5.69. The van der Waals surface area contributed by atoms with Gasteiger partial charge in [0.15, 0.2) is 0 Å². The maximum Gasteiger partial charge on any atom is 0.419 e. The van der Waals surface area contributed by atoms with Crippen LogP contribution in [0.4, 0.5) is 13.2 Å². The molecule has 1 aromatic heterocycles. The molecule has 1 aliphatic heterocycles. The summed E-state index contributed by atoms with van der Waals surface area (Å²) in [6.45, 7) is 3.81. The van der Waals surface area contributed by atoms with E-state index < -0.39 is 16.9 Å². The molecule has 27 heavy (non-hydrogen) atoms. The molecule has 0 radical (unpaired) electrons. The Morgan fingerprint density at radius 1 is 1.37 bits per heavy atom. The van der Waals surface area contributed by atoms with E-state index in [0.29, 0.717) is 24.5 Å². The zero-order valence-corrected chi connectivity index (χ0v) is 14.6. The summed E-state index contributed by atoms with van der Waals surface area (Å²) in [5.41, 5.74) is -0.270. The van der Waals surface area contributed by atoms with Crippen molar-refractivity contribution in [2.45, 2.75) is 18.6 Å². The number of hydrogen-bond donors (Lipinski definition) is 1. The average Bonchev–Trinajstić information content (AvgIpc) is 2.60. The standard InChI is InChI=1S/C18H14ClF3N2O3/c1-2-15(25)23-13-7-8-26-14-9-10(3-4-11(13)14)27-16-6-5-12(17(19)24-16)18(20,21)22/h2-6,9,13H,1,7-8H2,(H,23,25). The van der Waals surface area contributed by atoms with Gasteiger partial charge in [0.2, 0.25) is 11.8 Å². The first-order valence-corrected chi connectivity index (χ1v) is 8.27. The number of hydrogen-bond acceptors (Lipinski definition) is 4. The number of carbonyl (C=O) groups excluding carboxylic acids is 1. The summed E-state index contributed by atoms with van der Waals surface area (Å²) >= 11 is 5.59. The number of fused-ring (bicyclic) bond motifs is 1. The molecule has 0 saturated carbocycles. The van der Waals surface area contributed by atoms with E-state index in [1.54, 1.807) is 18.2 Å². The van der Waals surface area contributed by atoms with Crippen LogP contribution in [-0.2, 0) is 11.0 Å². The molecule has 1 aromatic carbocycles. The summed E-state index contributed by atoms with van der Waals surface area (Å²) in [5, 5.41) is 2.11. The average molecular weight is 399 g/mol. The number of nitrogens with one attached hydrogen (secondary N) is 1. The fourth-order valence-corrected chi connectivity index (χ4v) is 2.87. The molecule has 1 N–H and O–H groups in total. The Morgan fingerprint density at radius 3 is 2.81 bits per heavy atom. The fourth-order valence-electron chi connectivity index (χ4n) is 2.62. The van der Waals surface area contributed by atoms with Gasteiger partial charge in [0, 0.05) is 24.1 Å². The normalized spacial score (nSPS) is 16.1. The lowest BCUT2D eigenvalue weighted by atomic mass is 10.0. The summed E-state index contributed by atoms with van der Waals surface area (Å²) < 4.78 is 49.3. The monoisotopic (exact) mass is 398 g/mol. The van der Waals surface area contributed by atoms with Crippen LogP contribution in [0.1, 0.15) is 23.6 Å². The van der Waals surface area contributed by atoms with E-state index in [2.05, 4.69) is 16.9 Å². The van der Waals surface area contributed by atoms with E-state index in [4.69, 9.17) is 21.1 Å². The van der Waals surface area contributed by atoms with Crippen LogP contribution >= 0.6 is 11.6 Å². The van der Waals surface area contributed by atoms with Crippen LogP contribution < -0.4 is 14.8 Å². The van der Waals surface area contributed by atoms with Crippen LogP contribution in [0.3, 0.4) is 0 Å². The van der Waals surface area contributed by atoms with Gasteiger partial charge in [0.05, 0.1) is 18.2 Å².